The molecule has 2 aromatic heterocycles. The second-order valence-electron chi connectivity index (χ2n) is 7.12. The third kappa shape index (κ3) is 4.00. The lowest BCUT2D eigenvalue weighted by Gasteiger charge is -2.22. The summed E-state index contributed by atoms with van der Waals surface area (Å²) in [6.07, 6.45) is 4.78. The molecule has 0 spiro atoms. The average molecular weight is 367 g/mol. The van der Waals surface area contributed by atoms with Crippen LogP contribution in [0.1, 0.15) is 29.2 Å². The molecule has 1 aliphatic heterocycles. The zero-order chi connectivity index (χ0) is 18.6. The largest absolute Gasteiger partial charge is 0.350 e. The van der Waals surface area contributed by atoms with E-state index >= 15 is 0 Å². The van der Waals surface area contributed by atoms with Crippen molar-refractivity contribution in [3.8, 4) is 0 Å². The number of fused-ring (bicyclic) bond motifs is 1. The molecule has 0 aliphatic carbocycles. The van der Waals surface area contributed by atoms with Crippen LogP contribution in [0.15, 0.2) is 30.5 Å². The molecule has 1 atom stereocenters. The Morgan fingerprint density at radius 3 is 3.07 bits per heavy atom. The van der Waals surface area contributed by atoms with E-state index in [0.717, 1.165) is 36.5 Å². The van der Waals surface area contributed by atoms with Gasteiger partial charge in [-0.25, -0.2) is 4.98 Å². The SMILES string of the molecule is Cn1c(CCNC(=O)c2cn(CC3CCCNC3)nn2)nc2ccccc21. The van der Waals surface area contributed by atoms with Crippen LogP contribution in [-0.4, -0.2) is 50.1 Å². The molecule has 3 aromatic rings. The zero-order valence-electron chi connectivity index (χ0n) is 15.6. The minimum Gasteiger partial charge on any atom is -0.350 e. The highest BCUT2D eigenvalue weighted by molar-refractivity contribution is 5.91. The summed E-state index contributed by atoms with van der Waals surface area (Å²) >= 11 is 0. The predicted octanol–water partition coefficient (Wildman–Crippen LogP) is 1.14. The number of para-hydroxylation sites is 2. The van der Waals surface area contributed by atoms with Gasteiger partial charge in [0.2, 0.25) is 0 Å². The Morgan fingerprint density at radius 2 is 2.26 bits per heavy atom. The van der Waals surface area contributed by atoms with Gasteiger partial charge in [0.25, 0.3) is 5.91 Å². The van der Waals surface area contributed by atoms with Crippen molar-refractivity contribution in [1.82, 2.24) is 35.2 Å². The van der Waals surface area contributed by atoms with E-state index in [1.165, 1.54) is 12.8 Å². The van der Waals surface area contributed by atoms with Crippen molar-refractivity contribution in [2.45, 2.75) is 25.8 Å². The number of amides is 1. The van der Waals surface area contributed by atoms with Gasteiger partial charge in [0.15, 0.2) is 5.69 Å². The van der Waals surface area contributed by atoms with Crippen molar-refractivity contribution >= 4 is 16.9 Å². The molecule has 8 nitrogen and oxygen atoms in total. The van der Waals surface area contributed by atoms with Crippen LogP contribution in [-0.2, 0) is 20.0 Å². The maximum Gasteiger partial charge on any atom is 0.273 e. The molecule has 1 amide bonds. The molecule has 0 saturated carbocycles. The molecule has 4 rings (SSSR count). The van der Waals surface area contributed by atoms with E-state index in [1.807, 2.05) is 31.3 Å². The van der Waals surface area contributed by atoms with Crippen LogP contribution in [0.2, 0.25) is 0 Å². The molecular formula is C19H25N7O. The van der Waals surface area contributed by atoms with Crippen LogP contribution in [0.5, 0.6) is 0 Å². The number of aryl methyl sites for hydroxylation is 1. The average Bonchev–Trinajstić information content (AvgIpc) is 3.28. The van der Waals surface area contributed by atoms with E-state index in [1.54, 1.807) is 10.9 Å². The van der Waals surface area contributed by atoms with Crippen molar-refractivity contribution < 1.29 is 4.79 Å². The first-order chi connectivity index (χ1) is 13.2. The molecule has 27 heavy (non-hydrogen) atoms. The van der Waals surface area contributed by atoms with E-state index in [9.17, 15) is 4.79 Å². The number of hydrogen-bond donors (Lipinski definition) is 2. The number of nitrogens with zero attached hydrogens (tertiary/aromatic N) is 5. The standard InChI is InChI=1S/C19H25N7O/c1-25-17-7-3-2-6-15(17)22-18(25)8-10-21-19(27)16-13-26(24-23-16)12-14-5-4-9-20-11-14/h2-3,6-7,13-14,20H,4-5,8-12H2,1H3,(H,21,27). The van der Waals surface area contributed by atoms with Crippen molar-refractivity contribution in [3.05, 3.63) is 42.0 Å². The van der Waals surface area contributed by atoms with Crippen LogP contribution < -0.4 is 10.6 Å². The van der Waals surface area contributed by atoms with E-state index < -0.39 is 0 Å². The molecule has 0 bridgehead atoms. The summed E-state index contributed by atoms with van der Waals surface area (Å²) < 4.78 is 3.84. The van der Waals surface area contributed by atoms with Crippen molar-refractivity contribution in [2.75, 3.05) is 19.6 Å². The van der Waals surface area contributed by atoms with Crippen molar-refractivity contribution in [3.63, 3.8) is 0 Å². The Hall–Kier alpha value is -2.74. The third-order valence-corrected chi connectivity index (χ3v) is 5.13. The Morgan fingerprint density at radius 1 is 1.37 bits per heavy atom. The summed E-state index contributed by atoms with van der Waals surface area (Å²) in [4.78, 5) is 17.0. The van der Waals surface area contributed by atoms with Gasteiger partial charge in [-0.2, -0.15) is 0 Å². The van der Waals surface area contributed by atoms with Gasteiger partial charge < -0.3 is 15.2 Å². The maximum absolute atomic E-state index is 12.3. The first-order valence-corrected chi connectivity index (χ1v) is 9.50. The van der Waals surface area contributed by atoms with Gasteiger partial charge in [-0.05, 0) is 44.0 Å². The van der Waals surface area contributed by atoms with Gasteiger partial charge in [-0.3, -0.25) is 9.48 Å². The van der Waals surface area contributed by atoms with Crippen LogP contribution in [0, 0.1) is 5.92 Å². The fourth-order valence-electron chi connectivity index (χ4n) is 3.63. The Kier molecular flexibility index (Phi) is 5.15. The summed E-state index contributed by atoms with van der Waals surface area (Å²) in [6, 6.07) is 8.03. The van der Waals surface area contributed by atoms with Gasteiger partial charge in [0.1, 0.15) is 5.82 Å². The summed E-state index contributed by atoms with van der Waals surface area (Å²) in [5.41, 5.74) is 2.43. The van der Waals surface area contributed by atoms with Gasteiger partial charge in [0.05, 0.1) is 17.2 Å². The van der Waals surface area contributed by atoms with Gasteiger partial charge in [-0.1, -0.05) is 17.3 Å². The summed E-state index contributed by atoms with van der Waals surface area (Å²) in [5, 5.41) is 14.4. The predicted molar refractivity (Wildman–Crippen MR) is 102 cm³/mol. The molecule has 1 aliphatic rings. The molecule has 1 fully saturated rings. The summed E-state index contributed by atoms with van der Waals surface area (Å²) in [6.45, 7) is 3.40. The van der Waals surface area contributed by atoms with E-state index in [0.29, 0.717) is 24.6 Å². The highest BCUT2D eigenvalue weighted by Crippen LogP contribution is 2.14. The number of benzene rings is 1. The lowest BCUT2D eigenvalue weighted by atomic mass is 10.00. The zero-order valence-corrected chi connectivity index (χ0v) is 15.6. The Balaban J connectivity index is 1.30. The number of aromatic nitrogens is 5. The van der Waals surface area contributed by atoms with Gasteiger partial charge >= 0.3 is 0 Å². The van der Waals surface area contributed by atoms with Gasteiger partial charge in [-0.15, -0.1) is 5.10 Å². The summed E-state index contributed by atoms with van der Waals surface area (Å²) in [7, 11) is 2.00. The van der Waals surface area contributed by atoms with Crippen molar-refractivity contribution in [2.24, 2.45) is 13.0 Å². The number of rotatable bonds is 6. The molecule has 3 heterocycles. The molecule has 142 valence electrons. The Labute approximate surface area is 158 Å². The van der Waals surface area contributed by atoms with Crippen molar-refractivity contribution in [1.29, 1.82) is 0 Å². The van der Waals surface area contributed by atoms with Crippen LogP contribution in [0.4, 0.5) is 0 Å². The minimum absolute atomic E-state index is 0.193. The second kappa shape index (κ2) is 7.87. The first kappa shape index (κ1) is 17.7. The van der Waals surface area contributed by atoms with E-state index in [4.69, 9.17) is 0 Å². The highest BCUT2D eigenvalue weighted by atomic mass is 16.2. The molecular weight excluding hydrogens is 342 g/mol. The van der Waals surface area contributed by atoms with Crippen LogP contribution >= 0.6 is 0 Å². The quantitative estimate of drug-likeness (QED) is 0.682. The molecule has 2 N–H and O–H groups in total. The number of carbonyl (C=O) groups is 1. The smallest absolute Gasteiger partial charge is 0.273 e. The lowest BCUT2D eigenvalue weighted by Crippen LogP contribution is -2.32. The summed E-state index contributed by atoms with van der Waals surface area (Å²) in [5.74, 6) is 1.31. The lowest BCUT2D eigenvalue weighted by molar-refractivity contribution is 0.0949. The van der Waals surface area contributed by atoms with E-state index in [-0.39, 0.29) is 5.91 Å². The molecule has 1 unspecified atom stereocenters. The maximum atomic E-state index is 12.3. The number of hydrogen-bond acceptors (Lipinski definition) is 5. The number of nitrogens with one attached hydrogen (secondary N) is 2. The molecule has 0 radical (unpaired) electrons. The number of piperidine rings is 1. The van der Waals surface area contributed by atoms with Crippen LogP contribution in [0.25, 0.3) is 11.0 Å². The fraction of sp³-hybridized carbons (Fsp3) is 0.474. The first-order valence-electron chi connectivity index (χ1n) is 9.50. The second-order valence-corrected chi connectivity index (χ2v) is 7.12. The monoisotopic (exact) mass is 367 g/mol. The Bertz CT molecular complexity index is 923. The number of imidazole rings is 1. The van der Waals surface area contributed by atoms with E-state index in [2.05, 4.69) is 30.5 Å². The molecule has 1 saturated heterocycles. The highest BCUT2D eigenvalue weighted by Gasteiger charge is 2.16. The number of carbonyl (C=O) groups excluding carboxylic acids is 1. The van der Waals surface area contributed by atoms with Crippen LogP contribution in [0.3, 0.4) is 0 Å². The molecule has 1 aromatic carbocycles. The normalized spacial score (nSPS) is 17.3. The minimum atomic E-state index is -0.193. The topological polar surface area (TPSA) is 89.7 Å². The molecule has 8 heteroatoms. The van der Waals surface area contributed by atoms with Gasteiger partial charge in [0, 0.05) is 26.6 Å². The third-order valence-electron chi connectivity index (χ3n) is 5.13. The fourth-order valence-corrected chi connectivity index (χ4v) is 3.63.